The van der Waals surface area contributed by atoms with E-state index in [2.05, 4.69) is 29.2 Å². The highest BCUT2D eigenvalue weighted by Gasteiger charge is 2.33. The zero-order valence-electron chi connectivity index (χ0n) is 15.0. The van der Waals surface area contributed by atoms with Crippen LogP contribution in [-0.2, 0) is 0 Å². The molecule has 132 valence electrons. The van der Waals surface area contributed by atoms with E-state index in [1.54, 1.807) is 5.51 Å². The van der Waals surface area contributed by atoms with Gasteiger partial charge in [-0.05, 0) is 49.9 Å². The van der Waals surface area contributed by atoms with Crippen molar-refractivity contribution in [1.82, 2.24) is 14.9 Å². The molecule has 1 aliphatic rings. The van der Waals surface area contributed by atoms with Crippen molar-refractivity contribution in [3.63, 3.8) is 0 Å². The molecular formula is C21H21N3OS. The van der Waals surface area contributed by atoms with Crippen LogP contribution in [0.4, 0.5) is 0 Å². The molecule has 2 aromatic heterocycles. The van der Waals surface area contributed by atoms with Gasteiger partial charge in [-0.1, -0.05) is 30.3 Å². The predicted molar refractivity (Wildman–Crippen MR) is 104 cm³/mol. The number of aromatic nitrogens is 2. The van der Waals surface area contributed by atoms with Gasteiger partial charge in [0, 0.05) is 12.2 Å². The fourth-order valence-electron chi connectivity index (χ4n) is 3.62. The average Bonchev–Trinajstić information content (AvgIpc) is 3.30. The maximum Gasteiger partial charge on any atom is 0.266 e. The third-order valence-electron chi connectivity index (χ3n) is 4.88. The molecular weight excluding hydrogens is 342 g/mol. The lowest BCUT2D eigenvalue weighted by atomic mass is 10.0. The Kier molecular flexibility index (Phi) is 4.55. The summed E-state index contributed by atoms with van der Waals surface area (Å²) >= 11 is 1.42. The molecule has 1 saturated heterocycles. The van der Waals surface area contributed by atoms with Crippen molar-refractivity contribution in [2.75, 3.05) is 6.54 Å². The lowest BCUT2D eigenvalue weighted by molar-refractivity contribution is 0.0737. The third-order valence-corrected chi connectivity index (χ3v) is 5.79. The van der Waals surface area contributed by atoms with E-state index in [9.17, 15) is 4.79 Å². The molecule has 5 heteroatoms. The van der Waals surface area contributed by atoms with Crippen LogP contribution in [0.25, 0.3) is 11.1 Å². The minimum absolute atomic E-state index is 0.0337. The Morgan fingerprint density at radius 3 is 2.69 bits per heavy atom. The maximum atomic E-state index is 13.0. The summed E-state index contributed by atoms with van der Waals surface area (Å²) in [6.45, 7) is 4.69. The first-order valence-corrected chi connectivity index (χ1v) is 9.76. The zero-order valence-corrected chi connectivity index (χ0v) is 15.8. The maximum absolute atomic E-state index is 13.0. The highest BCUT2D eigenvalue weighted by Crippen LogP contribution is 2.35. The van der Waals surface area contributed by atoms with Gasteiger partial charge in [0.15, 0.2) is 0 Å². The summed E-state index contributed by atoms with van der Waals surface area (Å²) in [7, 11) is 0. The molecule has 1 aromatic carbocycles. The van der Waals surface area contributed by atoms with E-state index >= 15 is 0 Å². The summed E-state index contributed by atoms with van der Waals surface area (Å²) in [6.07, 6.45) is 1.96. The van der Waals surface area contributed by atoms with Gasteiger partial charge in [-0.3, -0.25) is 9.78 Å². The van der Waals surface area contributed by atoms with E-state index in [0.29, 0.717) is 0 Å². The van der Waals surface area contributed by atoms with Crippen molar-refractivity contribution in [3.05, 3.63) is 69.9 Å². The number of hydrogen-bond donors (Lipinski definition) is 0. The number of likely N-dealkylation sites (tertiary alicyclic amines) is 1. The molecule has 0 spiro atoms. The monoisotopic (exact) mass is 363 g/mol. The number of carbonyl (C=O) groups is 1. The molecule has 1 aliphatic heterocycles. The third kappa shape index (κ3) is 3.15. The molecule has 0 saturated carbocycles. The standard InChI is InChI=1S/C21H21N3OS/c1-14-11-17(16-7-4-3-5-8-16)12-18(23-14)19-9-6-10-24(19)21(25)20-15(2)22-13-26-20/h3-5,7-8,11-13,19H,6,9-10H2,1-2H3/t19-/m1/s1. The first-order chi connectivity index (χ1) is 12.6. The van der Waals surface area contributed by atoms with Gasteiger partial charge in [0.25, 0.3) is 5.91 Å². The van der Waals surface area contributed by atoms with Crippen LogP contribution in [-0.4, -0.2) is 27.3 Å². The SMILES string of the molecule is Cc1cc(-c2ccccc2)cc([C@H]2CCCN2C(=O)c2scnc2C)n1. The van der Waals surface area contributed by atoms with E-state index in [1.165, 1.54) is 16.9 Å². The minimum Gasteiger partial charge on any atom is -0.329 e. The van der Waals surface area contributed by atoms with E-state index in [0.717, 1.165) is 46.9 Å². The van der Waals surface area contributed by atoms with Crippen LogP contribution in [0, 0.1) is 13.8 Å². The van der Waals surface area contributed by atoms with E-state index in [1.807, 2.05) is 36.9 Å². The Balaban J connectivity index is 1.69. The molecule has 0 radical (unpaired) electrons. The Morgan fingerprint density at radius 1 is 1.15 bits per heavy atom. The lowest BCUT2D eigenvalue weighted by Crippen LogP contribution is -2.31. The lowest BCUT2D eigenvalue weighted by Gasteiger charge is -2.24. The van der Waals surface area contributed by atoms with E-state index in [4.69, 9.17) is 4.98 Å². The summed E-state index contributed by atoms with van der Waals surface area (Å²) in [6, 6.07) is 14.6. The smallest absolute Gasteiger partial charge is 0.266 e. The second kappa shape index (κ2) is 7.00. The van der Waals surface area contributed by atoms with Gasteiger partial charge in [-0.25, -0.2) is 4.98 Å². The fraction of sp³-hybridized carbons (Fsp3) is 0.286. The summed E-state index contributed by atoms with van der Waals surface area (Å²) in [4.78, 5) is 24.7. The molecule has 1 fully saturated rings. The van der Waals surface area contributed by atoms with Gasteiger partial charge in [0.1, 0.15) is 4.88 Å². The molecule has 1 amide bonds. The normalized spacial score (nSPS) is 16.8. The average molecular weight is 363 g/mol. The van der Waals surface area contributed by atoms with Crippen LogP contribution in [0.3, 0.4) is 0 Å². The quantitative estimate of drug-likeness (QED) is 0.671. The van der Waals surface area contributed by atoms with Crippen molar-refractivity contribution in [1.29, 1.82) is 0 Å². The fourth-order valence-corrected chi connectivity index (χ4v) is 4.37. The number of amides is 1. The molecule has 4 nitrogen and oxygen atoms in total. The predicted octanol–water partition coefficient (Wildman–Crippen LogP) is 4.80. The molecule has 26 heavy (non-hydrogen) atoms. The largest absolute Gasteiger partial charge is 0.329 e. The number of carbonyl (C=O) groups excluding carboxylic acids is 1. The van der Waals surface area contributed by atoms with Crippen LogP contribution < -0.4 is 0 Å². The van der Waals surface area contributed by atoms with Crippen LogP contribution in [0.15, 0.2) is 48.0 Å². The Morgan fingerprint density at radius 2 is 1.96 bits per heavy atom. The number of aryl methyl sites for hydroxylation is 2. The summed E-state index contributed by atoms with van der Waals surface area (Å²) < 4.78 is 0. The first-order valence-electron chi connectivity index (χ1n) is 8.88. The Bertz CT molecular complexity index is 935. The number of pyridine rings is 1. The van der Waals surface area contributed by atoms with Gasteiger partial charge < -0.3 is 4.90 Å². The van der Waals surface area contributed by atoms with Gasteiger partial charge in [0.05, 0.1) is 22.9 Å². The first kappa shape index (κ1) is 16.9. The Hall–Kier alpha value is -2.53. The molecule has 3 aromatic rings. The number of hydrogen-bond acceptors (Lipinski definition) is 4. The second-order valence-electron chi connectivity index (χ2n) is 6.71. The van der Waals surface area contributed by atoms with Crippen LogP contribution in [0.1, 0.15) is 45.6 Å². The van der Waals surface area contributed by atoms with Gasteiger partial charge in [-0.15, -0.1) is 11.3 Å². The van der Waals surface area contributed by atoms with Crippen molar-refractivity contribution in [2.45, 2.75) is 32.7 Å². The van der Waals surface area contributed by atoms with Crippen molar-refractivity contribution >= 4 is 17.2 Å². The van der Waals surface area contributed by atoms with Crippen molar-refractivity contribution in [3.8, 4) is 11.1 Å². The van der Waals surface area contributed by atoms with E-state index < -0.39 is 0 Å². The van der Waals surface area contributed by atoms with Crippen LogP contribution >= 0.6 is 11.3 Å². The number of rotatable bonds is 3. The molecule has 4 rings (SSSR count). The number of nitrogens with zero attached hydrogens (tertiary/aromatic N) is 3. The zero-order chi connectivity index (χ0) is 18.1. The van der Waals surface area contributed by atoms with Crippen molar-refractivity contribution in [2.24, 2.45) is 0 Å². The molecule has 0 bridgehead atoms. The molecule has 0 aliphatic carbocycles. The molecule has 3 heterocycles. The molecule has 0 unspecified atom stereocenters. The number of thiazole rings is 1. The van der Waals surface area contributed by atoms with Crippen LogP contribution in [0.2, 0.25) is 0 Å². The van der Waals surface area contributed by atoms with Crippen molar-refractivity contribution < 1.29 is 4.79 Å². The molecule has 0 N–H and O–H groups in total. The highest BCUT2D eigenvalue weighted by atomic mass is 32.1. The summed E-state index contributed by atoms with van der Waals surface area (Å²) in [5.41, 5.74) is 6.85. The highest BCUT2D eigenvalue weighted by molar-refractivity contribution is 7.11. The summed E-state index contributed by atoms with van der Waals surface area (Å²) in [5, 5.41) is 0. The van der Waals surface area contributed by atoms with Gasteiger partial charge in [0.2, 0.25) is 0 Å². The molecule has 1 atom stereocenters. The number of benzene rings is 1. The van der Waals surface area contributed by atoms with Gasteiger partial charge >= 0.3 is 0 Å². The Labute approximate surface area is 157 Å². The van der Waals surface area contributed by atoms with Gasteiger partial charge in [-0.2, -0.15) is 0 Å². The van der Waals surface area contributed by atoms with E-state index in [-0.39, 0.29) is 11.9 Å². The summed E-state index contributed by atoms with van der Waals surface area (Å²) in [5.74, 6) is 0.0806. The second-order valence-corrected chi connectivity index (χ2v) is 7.57. The van der Waals surface area contributed by atoms with Crippen LogP contribution in [0.5, 0.6) is 0 Å². The minimum atomic E-state index is 0.0337. The topological polar surface area (TPSA) is 46.1 Å².